The van der Waals surface area contributed by atoms with Gasteiger partial charge in [-0.25, -0.2) is 0 Å². The van der Waals surface area contributed by atoms with Gasteiger partial charge in [-0.1, -0.05) is 0 Å². The second-order valence-electron chi connectivity index (χ2n) is 4.66. The van der Waals surface area contributed by atoms with Gasteiger partial charge in [0.1, 0.15) is 0 Å². The summed E-state index contributed by atoms with van der Waals surface area (Å²) in [7, 11) is 1.83. The number of aromatic nitrogens is 1. The summed E-state index contributed by atoms with van der Waals surface area (Å²) in [6, 6.07) is 1.94. The van der Waals surface area contributed by atoms with Gasteiger partial charge in [-0.2, -0.15) is 0 Å². The molecule has 0 atom stereocenters. The number of pyridine rings is 1. The number of carbonyl (C=O) groups is 1. The van der Waals surface area contributed by atoms with Crippen LogP contribution in [0.3, 0.4) is 0 Å². The fourth-order valence-electron chi connectivity index (χ4n) is 2.19. The number of ether oxygens (including phenoxy) is 1. The first-order valence-corrected chi connectivity index (χ1v) is 6.16. The molecule has 1 saturated heterocycles. The molecule has 2 heterocycles. The lowest BCUT2D eigenvalue weighted by Crippen LogP contribution is -2.41. The number of nitrogens with two attached hydrogens (primary N) is 1. The maximum atomic E-state index is 12.4. The van der Waals surface area contributed by atoms with Crippen LogP contribution in [-0.4, -0.2) is 42.1 Å². The summed E-state index contributed by atoms with van der Waals surface area (Å²) >= 11 is 0. The molecule has 2 N–H and O–H groups in total. The van der Waals surface area contributed by atoms with E-state index in [1.165, 1.54) is 0 Å². The summed E-state index contributed by atoms with van der Waals surface area (Å²) in [6.07, 6.45) is 3.34. The molecule has 18 heavy (non-hydrogen) atoms. The van der Waals surface area contributed by atoms with Crippen LogP contribution >= 0.6 is 0 Å². The lowest BCUT2D eigenvalue weighted by Gasteiger charge is -2.31. The van der Waals surface area contributed by atoms with E-state index in [0.717, 1.165) is 26.1 Å². The molecule has 0 saturated carbocycles. The molecule has 0 radical (unpaired) electrons. The smallest absolute Gasteiger partial charge is 0.255 e. The molecule has 1 aliphatic heterocycles. The average molecular weight is 249 g/mol. The third kappa shape index (κ3) is 2.61. The molecule has 5 heteroatoms. The van der Waals surface area contributed by atoms with Crippen molar-refractivity contribution >= 4 is 11.6 Å². The Bertz CT molecular complexity index is 442. The van der Waals surface area contributed by atoms with Crippen molar-refractivity contribution in [2.75, 3.05) is 26.0 Å². The minimum Gasteiger partial charge on any atom is -0.397 e. The standard InChI is InChI=1S/C13H19N3O2/c1-9-12(7-10(14)8-15-9)13(17)16(2)11-3-5-18-6-4-11/h7-8,11H,3-6,14H2,1-2H3. The van der Waals surface area contributed by atoms with Crippen LogP contribution < -0.4 is 5.73 Å². The first-order chi connectivity index (χ1) is 8.59. The molecule has 1 aromatic heterocycles. The van der Waals surface area contributed by atoms with Crippen molar-refractivity contribution in [2.24, 2.45) is 0 Å². The summed E-state index contributed by atoms with van der Waals surface area (Å²) in [4.78, 5) is 18.3. The highest BCUT2D eigenvalue weighted by Crippen LogP contribution is 2.18. The second kappa shape index (κ2) is 5.35. The van der Waals surface area contributed by atoms with E-state index in [0.29, 0.717) is 16.9 Å². The SMILES string of the molecule is Cc1ncc(N)cc1C(=O)N(C)C1CCOCC1. The van der Waals surface area contributed by atoms with Crippen molar-refractivity contribution in [3.63, 3.8) is 0 Å². The molecule has 5 nitrogen and oxygen atoms in total. The Morgan fingerprint density at radius 3 is 2.83 bits per heavy atom. The van der Waals surface area contributed by atoms with E-state index in [1.807, 2.05) is 14.0 Å². The van der Waals surface area contributed by atoms with Gasteiger partial charge in [0.25, 0.3) is 5.91 Å². The van der Waals surface area contributed by atoms with Gasteiger partial charge in [-0.05, 0) is 25.8 Å². The molecular weight excluding hydrogens is 230 g/mol. The van der Waals surface area contributed by atoms with Crippen LogP contribution in [0.2, 0.25) is 0 Å². The second-order valence-corrected chi connectivity index (χ2v) is 4.66. The van der Waals surface area contributed by atoms with Crippen LogP contribution in [0.5, 0.6) is 0 Å². The summed E-state index contributed by atoms with van der Waals surface area (Å²) in [5, 5.41) is 0. The molecule has 1 amide bonds. The summed E-state index contributed by atoms with van der Waals surface area (Å²) in [6.45, 7) is 3.26. The van der Waals surface area contributed by atoms with Crippen molar-refractivity contribution in [3.8, 4) is 0 Å². The van der Waals surface area contributed by atoms with E-state index in [9.17, 15) is 4.79 Å². The highest BCUT2D eigenvalue weighted by molar-refractivity contribution is 5.96. The monoisotopic (exact) mass is 249 g/mol. The molecule has 98 valence electrons. The van der Waals surface area contributed by atoms with Gasteiger partial charge in [0.2, 0.25) is 0 Å². The molecular formula is C13H19N3O2. The summed E-state index contributed by atoms with van der Waals surface area (Å²) in [5.41, 5.74) is 7.51. The minimum atomic E-state index is -0.0146. The zero-order chi connectivity index (χ0) is 13.1. The van der Waals surface area contributed by atoms with Crippen LogP contribution in [0, 0.1) is 6.92 Å². The van der Waals surface area contributed by atoms with Crippen molar-refractivity contribution in [2.45, 2.75) is 25.8 Å². The van der Waals surface area contributed by atoms with E-state index >= 15 is 0 Å². The minimum absolute atomic E-state index is 0.0146. The number of hydrogen-bond acceptors (Lipinski definition) is 4. The number of aryl methyl sites for hydroxylation is 1. The first kappa shape index (κ1) is 12.8. The number of nitrogens with zero attached hydrogens (tertiary/aromatic N) is 2. The molecule has 1 aliphatic rings. The van der Waals surface area contributed by atoms with Gasteiger partial charge in [-0.3, -0.25) is 9.78 Å². The van der Waals surface area contributed by atoms with E-state index in [-0.39, 0.29) is 11.9 Å². The Morgan fingerprint density at radius 2 is 2.17 bits per heavy atom. The number of hydrogen-bond donors (Lipinski definition) is 1. The van der Waals surface area contributed by atoms with Crippen LogP contribution in [0.25, 0.3) is 0 Å². The zero-order valence-corrected chi connectivity index (χ0v) is 10.8. The lowest BCUT2D eigenvalue weighted by molar-refractivity contribution is 0.0361. The fraction of sp³-hybridized carbons (Fsp3) is 0.538. The highest BCUT2D eigenvalue weighted by atomic mass is 16.5. The first-order valence-electron chi connectivity index (χ1n) is 6.16. The predicted octanol–water partition coefficient (Wildman–Crippen LogP) is 1.22. The Morgan fingerprint density at radius 1 is 1.50 bits per heavy atom. The molecule has 0 bridgehead atoms. The van der Waals surface area contributed by atoms with Crippen LogP contribution in [0.15, 0.2) is 12.3 Å². The topological polar surface area (TPSA) is 68.5 Å². The summed E-state index contributed by atoms with van der Waals surface area (Å²) < 4.78 is 5.31. The van der Waals surface area contributed by atoms with E-state index < -0.39 is 0 Å². The Hall–Kier alpha value is -1.62. The molecule has 1 aromatic rings. The number of anilines is 1. The average Bonchev–Trinajstić information content (AvgIpc) is 2.41. The molecule has 2 rings (SSSR count). The van der Waals surface area contributed by atoms with Gasteiger partial charge in [-0.15, -0.1) is 0 Å². The highest BCUT2D eigenvalue weighted by Gasteiger charge is 2.24. The summed E-state index contributed by atoms with van der Waals surface area (Å²) in [5.74, 6) is -0.0146. The van der Waals surface area contributed by atoms with Crippen molar-refractivity contribution in [3.05, 3.63) is 23.5 Å². The predicted molar refractivity (Wildman–Crippen MR) is 69.3 cm³/mol. The van der Waals surface area contributed by atoms with Crippen molar-refractivity contribution < 1.29 is 9.53 Å². The Kier molecular flexibility index (Phi) is 3.81. The number of amides is 1. The van der Waals surface area contributed by atoms with E-state index in [1.54, 1.807) is 17.2 Å². The lowest BCUT2D eigenvalue weighted by atomic mass is 10.1. The van der Waals surface area contributed by atoms with Gasteiger partial charge >= 0.3 is 0 Å². The van der Waals surface area contributed by atoms with Gasteiger partial charge in [0.15, 0.2) is 0 Å². The molecule has 0 aromatic carbocycles. The number of nitrogen functional groups attached to an aromatic ring is 1. The quantitative estimate of drug-likeness (QED) is 0.855. The maximum absolute atomic E-state index is 12.4. The maximum Gasteiger partial charge on any atom is 0.255 e. The van der Waals surface area contributed by atoms with Crippen LogP contribution in [0.1, 0.15) is 28.9 Å². The van der Waals surface area contributed by atoms with Crippen LogP contribution in [0.4, 0.5) is 5.69 Å². The van der Waals surface area contributed by atoms with Gasteiger partial charge < -0.3 is 15.4 Å². The van der Waals surface area contributed by atoms with E-state index in [4.69, 9.17) is 10.5 Å². The number of carbonyl (C=O) groups excluding carboxylic acids is 1. The van der Waals surface area contributed by atoms with Crippen LogP contribution in [-0.2, 0) is 4.74 Å². The van der Waals surface area contributed by atoms with Crippen molar-refractivity contribution in [1.82, 2.24) is 9.88 Å². The molecule has 1 fully saturated rings. The van der Waals surface area contributed by atoms with Gasteiger partial charge in [0, 0.05) is 26.3 Å². The largest absolute Gasteiger partial charge is 0.397 e. The fourth-order valence-corrected chi connectivity index (χ4v) is 2.19. The molecule has 0 aliphatic carbocycles. The third-order valence-electron chi connectivity index (χ3n) is 3.40. The van der Waals surface area contributed by atoms with E-state index in [2.05, 4.69) is 4.98 Å². The third-order valence-corrected chi connectivity index (χ3v) is 3.40. The normalized spacial score (nSPS) is 16.6. The zero-order valence-electron chi connectivity index (χ0n) is 10.8. The Balaban J connectivity index is 2.16. The molecule has 0 unspecified atom stereocenters. The Labute approximate surface area is 107 Å². The molecule has 0 spiro atoms. The number of rotatable bonds is 2. The van der Waals surface area contributed by atoms with Gasteiger partial charge in [0.05, 0.1) is 23.1 Å². The van der Waals surface area contributed by atoms with Crippen molar-refractivity contribution in [1.29, 1.82) is 0 Å².